The van der Waals surface area contributed by atoms with E-state index in [4.69, 9.17) is 18.9 Å². The third kappa shape index (κ3) is 7.81. The van der Waals surface area contributed by atoms with E-state index in [2.05, 4.69) is 31.9 Å². The first kappa shape index (κ1) is 31.8. The van der Waals surface area contributed by atoms with E-state index in [0.717, 1.165) is 0 Å². The van der Waals surface area contributed by atoms with Crippen LogP contribution in [0, 0.1) is 0 Å². The Bertz CT molecular complexity index is 694. The van der Waals surface area contributed by atoms with E-state index in [-0.39, 0.29) is 65.4 Å². The van der Waals surface area contributed by atoms with E-state index < -0.39 is 41.0 Å². The molecular weight excluding hydrogens is 502 g/mol. The Morgan fingerprint density at radius 1 is 0.632 bits per heavy atom. The highest BCUT2D eigenvalue weighted by Crippen LogP contribution is 2.27. The molecule has 0 unspecified atom stereocenters. The summed E-state index contributed by atoms with van der Waals surface area (Å²) in [6, 6.07) is 0. The molecule has 2 aliphatic rings. The van der Waals surface area contributed by atoms with Gasteiger partial charge >= 0.3 is 0 Å². The molecule has 0 bridgehead atoms. The van der Waals surface area contributed by atoms with Crippen LogP contribution in [0.1, 0.15) is 12.8 Å². The molecule has 2 heterocycles. The molecule has 0 aromatic carbocycles. The fraction of sp³-hybridized carbons (Fsp3) is 0.826. The van der Waals surface area contributed by atoms with E-state index in [9.17, 15) is 19.2 Å². The number of fused-ring (bicyclic) bond motifs is 1. The zero-order valence-electron chi connectivity index (χ0n) is 22.8. The highest BCUT2D eigenvalue weighted by molar-refractivity contribution is 6.11. The molecule has 2 rings (SSSR count). The maximum absolute atomic E-state index is 13.4. The van der Waals surface area contributed by atoms with Gasteiger partial charge < -0.3 is 40.2 Å². The van der Waals surface area contributed by atoms with Gasteiger partial charge in [-0.15, -0.1) is 0 Å². The van der Waals surface area contributed by atoms with Crippen LogP contribution in [0.2, 0.25) is 0 Å². The normalized spacial score (nSPS) is 18.7. The van der Waals surface area contributed by atoms with Gasteiger partial charge in [-0.25, -0.2) is 0 Å². The largest absolute Gasteiger partial charge is 0.383 e. The van der Waals surface area contributed by atoms with Gasteiger partial charge in [-0.3, -0.25) is 34.7 Å². The van der Waals surface area contributed by atoms with Gasteiger partial charge in [-0.2, -0.15) is 0 Å². The van der Waals surface area contributed by atoms with Crippen molar-refractivity contribution in [3.63, 3.8) is 0 Å². The van der Waals surface area contributed by atoms with Crippen LogP contribution in [-0.4, -0.2) is 140 Å². The number of hydrogen-bond acceptors (Lipinski definition) is 11. The Balaban J connectivity index is 2.32. The molecule has 0 aliphatic carbocycles. The number of nitrogens with zero attached hydrogens (tertiary/aromatic N) is 1. The van der Waals surface area contributed by atoms with Crippen LogP contribution in [0.3, 0.4) is 0 Å². The summed E-state index contributed by atoms with van der Waals surface area (Å²) in [4.78, 5) is 55.4. The number of nitrogens with one attached hydrogen (secondary N) is 6. The summed E-state index contributed by atoms with van der Waals surface area (Å²) >= 11 is 0. The van der Waals surface area contributed by atoms with E-state index in [1.807, 2.05) is 4.90 Å². The lowest BCUT2D eigenvalue weighted by molar-refractivity contribution is -0.151. The summed E-state index contributed by atoms with van der Waals surface area (Å²) in [5, 5.41) is 17.2. The van der Waals surface area contributed by atoms with Gasteiger partial charge in [0, 0.05) is 67.7 Å². The maximum atomic E-state index is 13.4. The molecular formula is C23H43N7O8. The molecule has 2 aliphatic heterocycles. The molecule has 0 aromatic heterocycles. The SMILES string of the molecule is COCCNC(=O)C1(C(=O)NCCOC)CCN2CCC(C(=O)NCCOC)(C(=O)NCCOC)NC2N1. The van der Waals surface area contributed by atoms with Gasteiger partial charge in [-0.1, -0.05) is 0 Å². The second-order valence-corrected chi connectivity index (χ2v) is 9.03. The van der Waals surface area contributed by atoms with Crippen LogP contribution in [0.15, 0.2) is 0 Å². The van der Waals surface area contributed by atoms with Gasteiger partial charge in [0.05, 0.1) is 26.4 Å². The smallest absolute Gasteiger partial charge is 0.250 e. The second-order valence-electron chi connectivity index (χ2n) is 9.03. The van der Waals surface area contributed by atoms with Crippen molar-refractivity contribution in [2.45, 2.75) is 30.2 Å². The molecule has 15 heteroatoms. The van der Waals surface area contributed by atoms with Crippen molar-refractivity contribution in [2.24, 2.45) is 0 Å². The van der Waals surface area contributed by atoms with E-state index in [1.165, 1.54) is 28.4 Å². The molecule has 38 heavy (non-hydrogen) atoms. The van der Waals surface area contributed by atoms with Crippen LogP contribution in [-0.2, 0) is 38.1 Å². The number of rotatable bonds is 16. The van der Waals surface area contributed by atoms with Crippen molar-refractivity contribution < 1.29 is 38.1 Å². The lowest BCUT2D eigenvalue weighted by atomic mass is 9.85. The van der Waals surface area contributed by atoms with Gasteiger partial charge in [0.2, 0.25) is 23.6 Å². The third-order valence-electron chi connectivity index (χ3n) is 6.60. The first-order chi connectivity index (χ1) is 18.3. The molecule has 218 valence electrons. The van der Waals surface area contributed by atoms with Crippen LogP contribution in [0.4, 0.5) is 0 Å². The van der Waals surface area contributed by atoms with E-state index in [1.54, 1.807) is 0 Å². The molecule has 0 aromatic rings. The Kier molecular flexibility index (Phi) is 13.3. The van der Waals surface area contributed by atoms with Crippen molar-refractivity contribution in [1.29, 1.82) is 0 Å². The number of carbonyl (C=O) groups excluding carboxylic acids is 4. The first-order valence-electron chi connectivity index (χ1n) is 12.7. The van der Waals surface area contributed by atoms with Crippen LogP contribution >= 0.6 is 0 Å². The lowest BCUT2D eigenvalue weighted by Crippen LogP contribution is -2.82. The average Bonchev–Trinajstić information content (AvgIpc) is 2.92. The molecule has 2 fully saturated rings. The number of amides is 4. The molecule has 0 saturated carbocycles. The van der Waals surface area contributed by atoms with E-state index in [0.29, 0.717) is 13.1 Å². The van der Waals surface area contributed by atoms with Crippen molar-refractivity contribution in [1.82, 2.24) is 36.8 Å². The van der Waals surface area contributed by atoms with Crippen molar-refractivity contribution in [3.8, 4) is 0 Å². The van der Waals surface area contributed by atoms with Crippen LogP contribution in [0.5, 0.6) is 0 Å². The molecule has 0 spiro atoms. The topological polar surface area (TPSA) is 181 Å². The van der Waals surface area contributed by atoms with Gasteiger partial charge in [0.15, 0.2) is 11.1 Å². The number of methoxy groups -OCH3 is 4. The molecule has 2 saturated heterocycles. The van der Waals surface area contributed by atoms with E-state index >= 15 is 0 Å². The van der Waals surface area contributed by atoms with Crippen LogP contribution in [0.25, 0.3) is 0 Å². The summed E-state index contributed by atoms with van der Waals surface area (Å²) < 4.78 is 20.1. The quantitative estimate of drug-likeness (QED) is 0.0824. The standard InChI is InChI=1S/C23H43N7O8/c1-35-13-7-24-17(31)22(18(32)25-8-14-36-2)5-11-30-12-6-23(29-21(30)28-22,19(33)26-9-15-37-3)20(34)27-10-16-38-4/h21,28-29H,5-16H2,1-4H3,(H,24,31)(H,25,32)(H,26,33)(H,27,34). The minimum atomic E-state index is -1.65. The lowest BCUT2D eigenvalue weighted by Gasteiger charge is -2.52. The Morgan fingerprint density at radius 3 is 1.18 bits per heavy atom. The molecule has 0 atom stereocenters. The summed E-state index contributed by atoms with van der Waals surface area (Å²) in [6.07, 6.45) is -0.480. The molecule has 6 N–H and O–H groups in total. The van der Waals surface area contributed by atoms with Crippen molar-refractivity contribution in [3.05, 3.63) is 0 Å². The minimum Gasteiger partial charge on any atom is -0.383 e. The zero-order valence-corrected chi connectivity index (χ0v) is 22.8. The summed E-state index contributed by atoms with van der Waals surface area (Å²) in [6.45, 7) is 2.65. The maximum Gasteiger partial charge on any atom is 0.250 e. The van der Waals surface area contributed by atoms with Crippen LogP contribution < -0.4 is 31.9 Å². The Morgan fingerprint density at radius 2 is 0.921 bits per heavy atom. The monoisotopic (exact) mass is 545 g/mol. The molecule has 4 amide bonds. The zero-order chi connectivity index (χ0) is 28.0. The Labute approximate surface area is 223 Å². The fourth-order valence-electron chi connectivity index (χ4n) is 4.41. The summed E-state index contributed by atoms with van der Waals surface area (Å²) in [7, 11) is 6.04. The highest BCUT2D eigenvalue weighted by Gasteiger charge is 2.56. The number of carbonyl (C=O) groups is 4. The second kappa shape index (κ2) is 15.9. The fourth-order valence-corrected chi connectivity index (χ4v) is 4.41. The predicted molar refractivity (Wildman–Crippen MR) is 136 cm³/mol. The van der Waals surface area contributed by atoms with Gasteiger partial charge in [0.1, 0.15) is 6.29 Å². The predicted octanol–water partition coefficient (Wildman–Crippen LogP) is -3.91. The third-order valence-corrected chi connectivity index (χ3v) is 6.60. The van der Waals surface area contributed by atoms with Crippen molar-refractivity contribution in [2.75, 3.05) is 94.1 Å². The van der Waals surface area contributed by atoms with Crippen molar-refractivity contribution >= 4 is 23.6 Å². The summed E-state index contributed by atoms with van der Waals surface area (Å²) in [5.41, 5.74) is -3.31. The number of ether oxygens (including phenoxy) is 4. The van der Waals surface area contributed by atoms with Gasteiger partial charge in [-0.05, 0) is 12.8 Å². The average molecular weight is 546 g/mol. The Hall–Kier alpha value is -2.40. The molecule has 0 radical (unpaired) electrons. The summed E-state index contributed by atoms with van der Waals surface area (Å²) in [5.74, 6) is -2.13. The number of hydrogen-bond donors (Lipinski definition) is 6. The highest BCUT2D eigenvalue weighted by atomic mass is 16.5. The minimum absolute atomic E-state index is 0.176. The molecule has 15 nitrogen and oxygen atoms in total. The van der Waals surface area contributed by atoms with Gasteiger partial charge in [0.25, 0.3) is 0 Å². The first-order valence-corrected chi connectivity index (χ1v) is 12.7.